The highest BCUT2D eigenvalue weighted by molar-refractivity contribution is 5.25. The first kappa shape index (κ1) is 10.1. The van der Waals surface area contributed by atoms with E-state index < -0.39 is 0 Å². The molecule has 2 nitrogen and oxygen atoms in total. The molecule has 0 aliphatic rings. The van der Waals surface area contributed by atoms with E-state index in [1.54, 1.807) is 12.1 Å². The van der Waals surface area contributed by atoms with Gasteiger partial charge < -0.3 is 10.4 Å². The molecule has 0 atom stereocenters. The first-order valence-corrected chi connectivity index (χ1v) is 4.81. The Kier molecular flexibility index (Phi) is 4.33. The van der Waals surface area contributed by atoms with Crippen LogP contribution in [-0.4, -0.2) is 18.2 Å². The summed E-state index contributed by atoms with van der Waals surface area (Å²) in [6, 6.07) is 7.39. The predicted octanol–water partition coefficient (Wildman–Crippen LogP) is 1.93. The molecule has 1 aromatic rings. The van der Waals surface area contributed by atoms with Gasteiger partial charge in [-0.05, 0) is 43.6 Å². The first-order valence-electron chi connectivity index (χ1n) is 4.81. The summed E-state index contributed by atoms with van der Waals surface area (Å²) in [6.07, 6.45) is 2.20. The molecule has 13 heavy (non-hydrogen) atoms. The first-order chi connectivity index (χ1) is 6.33. The highest BCUT2D eigenvalue weighted by Crippen LogP contribution is 2.09. The molecule has 0 amide bonds. The van der Waals surface area contributed by atoms with Crippen LogP contribution in [0.5, 0.6) is 5.75 Å². The Morgan fingerprint density at radius 1 is 1.15 bits per heavy atom. The van der Waals surface area contributed by atoms with Crippen LogP contribution < -0.4 is 5.32 Å². The van der Waals surface area contributed by atoms with Crippen LogP contribution in [0.4, 0.5) is 0 Å². The molecule has 0 radical (unpaired) electrons. The van der Waals surface area contributed by atoms with E-state index in [-0.39, 0.29) is 0 Å². The van der Waals surface area contributed by atoms with Crippen molar-refractivity contribution in [3.8, 4) is 5.75 Å². The third-order valence-corrected chi connectivity index (χ3v) is 1.95. The topological polar surface area (TPSA) is 32.3 Å². The lowest BCUT2D eigenvalue weighted by atomic mass is 10.1. The second-order valence-electron chi connectivity index (χ2n) is 3.17. The van der Waals surface area contributed by atoms with E-state index in [0.717, 1.165) is 19.5 Å². The van der Waals surface area contributed by atoms with Gasteiger partial charge in [0.15, 0.2) is 0 Å². The highest BCUT2D eigenvalue weighted by Gasteiger charge is 1.92. The zero-order valence-corrected chi connectivity index (χ0v) is 8.09. The van der Waals surface area contributed by atoms with Gasteiger partial charge in [0.1, 0.15) is 5.75 Å². The molecule has 0 saturated heterocycles. The summed E-state index contributed by atoms with van der Waals surface area (Å²) in [4.78, 5) is 0. The molecular weight excluding hydrogens is 162 g/mol. The molecule has 0 heterocycles. The quantitative estimate of drug-likeness (QED) is 0.677. The van der Waals surface area contributed by atoms with E-state index in [1.807, 2.05) is 12.1 Å². The van der Waals surface area contributed by atoms with Crippen molar-refractivity contribution in [3.63, 3.8) is 0 Å². The highest BCUT2D eigenvalue weighted by atomic mass is 16.3. The van der Waals surface area contributed by atoms with Crippen LogP contribution in [-0.2, 0) is 6.42 Å². The molecule has 1 aromatic carbocycles. The summed E-state index contributed by atoms with van der Waals surface area (Å²) in [7, 11) is 0. The smallest absolute Gasteiger partial charge is 0.115 e. The molecule has 0 aliphatic heterocycles. The van der Waals surface area contributed by atoms with Gasteiger partial charge >= 0.3 is 0 Å². The third-order valence-electron chi connectivity index (χ3n) is 1.95. The SMILES string of the molecule is CCCNCCc1ccc(O)cc1. The van der Waals surface area contributed by atoms with E-state index in [1.165, 1.54) is 12.0 Å². The maximum Gasteiger partial charge on any atom is 0.115 e. The molecule has 0 aromatic heterocycles. The van der Waals surface area contributed by atoms with E-state index >= 15 is 0 Å². The molecule has 0 aliphatic carbocycles. The fourth-order valence-electron chi connectivity index (χ4n) is 1.20. The van der Waals surface area contributed by atoms with E-state index in [0.29, 0.717) is 5.75 Å². The maximum absolute atomic E-state index is 9.05. The van der Waals surface area contributed by atoms with Crippen molar-refractivity contribution >= 4 is 0 Å². The van der Waals surface area contributed by atoms with E-state index in [2.05, 4.69) is 12.2 Å². The second kappa shape index (κ2) is 5.60. The van der Waals surface area contributed by atoms with Gasteiger partial charge in [0.2, 0.25) is 0 Å². The van der Waals surface area contributed by atoms with Gasteiger partial charge in [0.25, 0.3) is 0 Å². The van der Waals surface area contributed by atoms with Crippen molar-refractivity contribution in [2.45, 2.75) is 19.8 Å². The number of aromatic hydroxyl groups is 1. The molecule has 2 N–H and O–H groups in total. The number of benzene rings is 1. The summed E-state index contributed by atoms with van der Waals surface area (Å²) < 4.78 is 0. The number of hydrogen-bond donors (Lipinski definition) is 2. The van der Waals surface area contributed by atoms with Gasteiger partial charge in [-0.3, -0.25) is 0 Å². The third kappa shape index (κ3) is 3.95. The van der Waals surface area contributed by atoms with Crippen LogP contribution in [0.15, 0.2) is 24.3 Å². The van der Waals surface area contributed by atoms with Crippen molar-refractivity contribution < 1.29 is 5.11 Å². The molecule has 72 valence electrons. The fourth-order valence-corrected chi connectivity index (χ4v) is 1.20. The summed E-state index contributed by atoms with van der Waals surface area (Å²) in [5.41, 5.74) is 1.27. The van der Waals surface area contributed by atoms with E-state index in [4.69, 9.17) is 5.11 Å². The molecule has 1 rings (SSSR count). The average molecular weight is 179 g/mol. The Morgan fingerprint density at radius 3 is 2.46 bits per heavy atom. The van der Waals surface area contributed by atoms with Crippen molar-refractivity contribution in [1.82, 2.24) is 5.32 Å². The van der Waals surface area contributed by atoms with Crippen molar-refractivity contribution in [2.24, 2.45) is 0 Å². The molecule has 2 heteroatoms. The minimum atomic E-state index is 0.338. The van der Waals surface area contributed by atoms with Crippen molar-refractivity contribution in [3.05, 3.63) is 29.8 Å². The summed E-state index contributed by atoms with van der Waals surface area (Å²) >= 11 is 0. The standard InChI is InChI=1S/C11H17NO/c1-2-8-12-9-7-10-3-5-11(13)6-4-10/h3-6,12-13H,2,7-9H2,1H3. The van der Waals surface area contributed by atoms with Crippen molar-refractivity contribution in [1.29, 1.82) is 0 Å². The lowest BCUT2D eigenvalue weighted by Crippen LogP contribution is -2.17. The number of rotatable bonds is 5. The summed E-state index contributed by atoms with van der Waals surface area (Å²) in [6.45, 7) is 4.25. The maximum atomic E-state index is 9.05. The molecule has 0 spiro atoms. The van der Waals surface area contributed by atoms with Gasteiger partial charge in [-0.25, -0.2) is 0 Å². The second-order valence-corrected chi connectivity index (χ2v) is 3.17. The Labute approximate surface area is 79.6 Å². The Morgan fingerprint density at radius 2 is 1.85 bits per heavy atom. The van der Waals surface area contributed by atoms with Gasteiger partial charge in [-0.2, -0.15) is 0 Å². The Balaban J connectivity index is 2.25. The monoisotopic (exact) mass is 179 g/mol. The van der Waals surface area contributed by atoms with Crippen LogP contribution in [0.3, 0.4) is 0 Å². The van der Waals surface area contributed by atoms with Gasteiger partial charge in [0, 0.05) is 0 Å². The van der Waals surface area contributed by atoms with Crippen molar-refractivity contribution in [2.75, 3.05) is 13.1 Å². The van der Waals surface area contributed by atoms with Crippen LogP contribution >= 0.6 is 0 Å². The molecule has 0 bridgehead atoms. The number of hydrogen-bond acceptors (Lipinski definition) is 2. The Hall–Kier alpha value is -1.02. The minimum Gasteiger partial charge on any atom is -0.508 e. The summed E-state index contributed by atoms with van der Waals surface area (Å²) in [5.74, 6) is 0.338. The van der Waals surface area contributed by atoms with Crippen LogP contribution in [0.2, 0.25) is 0 Å². The molecule has 0 fully saturated rings. The zero-order valence-electron chi connectivity index (χ0n) is 8.09. The van der Waals surface area contributed by atoms with Gasteiger partial charge in [-0.15, -0.1) is 0 Å². The molecule has 0 unspecified atom stereocenters. The van der Waals surface area contributed by atoms with Crippen LogP contribution in [0.25, 0.3) is 0 Å². The zero-order chi connectivity index (χ0) is 9.52. The van der Waals surface area contributed by atoms with Crippen LogP contribution in [0.1, 0.15) is 18.9 Å². The fraction of sp³-hybridized carbons (Fsp3) is 0.455. The number of nitrogens with one attached hydrogen (secondary N) is 1. The minimum absolute atomic E-state index is 0.338. The number of phenols is 1. The lowest BCUT2D eigenvalue weighted by Gasteiger charge is -2.02. The number of phenolic OH excluding ortho intramolecular Hbond substituents is 1. The Bertz CT molecular complexity index is 230. The normalized spacial score (nSPS) is 10.2. The molecular formula is C11H17NO. The summed E-state index contributed by atoms with van der Waals surface area (Å²) in [5, 5.41) is 12.4. The van der Waals surface area contributed by atoms with Crippen LogP contribution in [0, 0.1) is 0 Å². The van der Waals surface area contributed by atoms with E-state index in [9.17, 15) is 0 Å². The predicted molar refractivity (Wildman–Crippen MR) is 55.0 cm³/mol. The largest absolute Gasteiger partial charge is 0.508 e. The molecule has 0 saturated carbocycles. The lowest BCUT2D eigenvalue weighted by molar-refractivity contribution is 0.475. The van der Waals surface area contributed by atoms with Gasteiger partial charge in [0.05, 0.1) is 0 Å². The average Bonchev–Trinajstić information content (AvgIpc) is 2.15. The van der Waals surface area contributed by atoms with Gasteiger partial charge in [-0.1, -0.05) is 19.1 Å².